The van der Waals surface area contributed by atoms with Crippen LogP contribution >= 0.6 is 0 Å². The molecule has 107 valence electrons. The maximum atomic E-state index is 11.1. The van der Waals surface area contributed by atoms with Gasteiger partial charge in [-0.3, -0.25) is 0 Å². The number of aliphatic carboxylic acids is 1. The van der Waals surface area contributed by atoms with Crippen molar-refractivity contribution in [1.82, 2.24) is 0 Å². The molecule has 0 aromatic heterocycles. The van der Waals surface area contributed by atoms with Crippen LogP contribution in [0.3, 0.4) is 0 Å². The van der Waals surface area contributed by atoms with E-state index in [0.29, 0.717) is 0 Å². The van der Waals surface area contributed by atoms with E-state index < -0.39 is 5.97 Å². The third kappa shape index (κ3) is 11.1. The second kappa shape index (κ2) is 13.4. The van der Waals surface area contributed by atoms with Gasteiger partial charge in [-0.05, 0) is 0 Å². The number of hydrogen-bond donors (Lipinski definition) is 1. The number of carboxylic acid groups (broad SMARTS) is 1. The van der Waals surface area contributed by atoms with Crippen LogP contribution in [0, 0.1) is 5.92 Å². The van der Waals surface area contributed by atoms with Gasteiger partial charge in [-0.1, -0.05) is 13.3 Å². The number of rotatable bonds is 13. The molecule has 1 atom stereocenters. The fraction of sp³-hybridized carbons (Fsp3) is 0.933. The average Bonchev–Trinajstić information content (AvgIpc) is 2.35. The second-order valence-electron chi connectivity index (χ2n) is 5.15. The first kappa shape index (κ1) is 18.0. The van der Waals surface area contributed by atoms with E-state index in [1.807, 2.05) is 0 Å². The summed E-state index contributed by atoms with van der Waals surface area (Å²) >= 11 is 3.00. The fourth-order valence-corrected chi connectivity index (χ4v) is 2.66. The average molecular weight is 320 g/mol. The Kier molecular flexibility index (Phi) is 13.4. The molecular formula is C15H29O2Se. The van der Waals surface area contributed by atoms with Gasteiger partial charge in [0.2, 0.25) is 0 Å². The molecule has 0 aliphatic carbocycles. The Morgan fingerprint density at radius 3 is 1.94 bits per heavy atom. The molecule has 2 nitrogen and oxygen atoms in total. The molecule has 1 N–H and O–H groups in total. The van der Waals surface area contributed by atoms with E-state index in [2.05, 4.69) is 22.9 Å². The van der Waals surface area contributed by atoms with Gasteiger partial charge >= 0.3 is 107 Å². The summed E-state index contributed by atoms with van der Waals surface area (Å²) < 4.78 is 0. The molecule has 3 heteroatoms. The molecule has 0 fully saturated rings. The second-order valence-corrected chi connectivity index (χ2v) is 6.00. The van der Waals surface area contributed by atoms with Crippen molar-refractivity contribution in [1.29, 1.82) is 0 Å². The predicted molar refractivity (Wildman–Crippen MR) is 78.1 cm³/mol. The maximum absolute atomic E-state index is 11.1. The first-order chi connectivity index (χ1) is 8.72. The summed E-state index contributed by atoms with van der Waals surface area (Å²) in [6.07, 6.45) is 12.6. The molecule has 0 heterocycles. The van der Waals surface area contributed by atoms with Crippen LogP contribution in [0.15, 0.2) is 0 Å². The molecule has 0 amide bonds. The standard InChI is InChI=1S/C15H29O2Se/c1-2-3-4-5-6-8-11-14(15(16)17)12-9-7-10-13-18/h14H,2-13H2,1H3,(H,16,17). The van der Waals surface area contributed by atoms with Gasteiger partial charge in [-0.2, -0.15) is 0 Å². The van der Waals surface area contributed by atoms with Crippen LogP contribution in [-0.2, 0) is 4.79 Å². The number of unbranched alkanes of at least 4 members (excludes halogenated alkanes) is 7. The molecule has 0 aliphatic rings. The minimum absolute atomic E-state index is 0.1000. The predicted octanol–water partition coefficient (Wildman–Crippen LogP) is 4.59. The van der Waals surface area contributed by atoms with E-state index in [4.69, 9.17) is 5.11 Å². The van der Waals surface area contributed by atoms with Crippen molar-refractivity contribution in [3.63, 3.8) is 0 Å². The Hall–Kier alpha value is -0.0105. The quantitative estimate of drug-likeness (QED) is 0.398. The Labute approximate surface area is 121 Å². The molecule has 1 unspecified atom stereocenters. The summed E-state index contributed by atoms with van der Waals surface area (Å²) in [6, 6.07) is 0. The van der Waals surface area contributed by atoms with Crippen LogP contribution in [0.1, 0.15) is 77.6 Å². The van der Waals surface area contributed by atoms with E-state index in [1.165, 1.54) is 38.5 Å². The summed E-state index contributed by atoms with van der Waals surface area (Å²) in [5.41, 5.74) is 0. The van der Waals surface area contributed by atoms with Crippen LogP contribution in [0.4, 0.5) is 0 Å². The minimum atomic E-state index is -0.591. The van der Waals surface area contributed by atoms with Crippen molar-refractivity contribution in [3.05, 3.63) is 0 Å². The van der Waals surface area contributed by atoms with Crippen LogP contribution in [0.2, 0.25) is 5.32 Å². The normalized spacial score (nSPS) is 12.6. The van der Waals surface area contributed by atoms with Crippen molar-refractivity contribution < 1.29 is 9.90 Å². The van der Waals surface area contributed by atoms with Gasteiger partial charge in [0.05, 0.1) is 0 Å². The Morgan fingerprint density at radius 2 is 1.44 bits per heavy atom. The summed E-state index contributed by atoms with van der Waals surface area (Å²) in [5, 5.41) is 10.3. The number of carboxylic acids is 1. The fourth-order valence-electron chi connectivity index (χ4n) is 2.23. The van der Waals surface area contributed by atoms with Gasteiger partial charge in [0.25, 0.3) is 0 Å². The van der Waals surface area contributed by atoms with Crippen LogP contribution in [0.5, 0.6) is 0 Å². The molecule has 0 saturated carbocycles. The number of carbonyl (C=O) groups is 1. The molecular weight excluding hydrogens is 291 g/mol. The van der Waals surface area contributed by atoms with Crippen LogP contribution in [-0.4, -0.2) is 27.1 Å². The van der Waals surface area contributed by atoms with Crippen molar-refractivity contribution in [2.24, 2.45) is 5.92 Å². The van der Waals surface area contributed by atoms with E-state index in [1.54, 1.807) is 0 Å². The van der Waals surface area contributed by atoms with Crippen LogP contribution in [0.25, 0.3) is 0 Å². The van der Waals surface area contributed by atoms with Gasteiger partial charge in [0, 0.05) is 0 Å². The molecule has 0 aliphatic heterocycles. The Morgan fingerprint density at radius 1 is 0.944 bits per heavy atom. The zero-order valence-electron chi connectivity index (χ0n) is 11.8. The summed E-state index contributed by atoms with van der Waals surface area (Å²) in [5.74, 6) is -0.691. The van der Waals surface area contributed by atoms with E-state index in [-0.39, 0.29) is 5.92 Å². The van der Waals surface area contributed by atoms with E-state index >= 15 is 0 Å². The SMILES string of the molecule is CCCCCCCCC(CCCCC[Se])C(=O)O. The van der Waals surface area contributed by atoms with Crippen molar-refractivity contribution in [3.8, 4) is 0 Å². The molecule has 18 heavy (non-hydrogen) atoms. The first-order valence-electron chi connectivity index (χ1n) is 7.53. The van der Waals surface area contributed by atoms with Gasteiger partial charge in [-0.15, -0.1) is 0 Å². The van der Waals surface area contributed by atoms with Gasteiger partial charge in [-0.25, -0.2) is 0 Å². The van der Waals surface area contributed by atoms with Gasteiger partial charge in [0.15, 0.2) is 0 Å². The zero-order chi connectivity index (χ0) is 13.6. The van der Waals surface area contributed by atoms with Gasteiger partial charge < -0.3 is 0 Å². The summed E-state index contributed by atoms with van der Waals surface area (Å²) in [6.45, 7) is 2.22. The third-order valence-corrected chi connectivity index (χ3v) is 4.06. The first-order valence-corrected chi connectivity index (χ1v) is 8.74. The monoisotopic (exact) mass is 321 g/mol. The molecule has 0 saturated heterocycles. The van der Waals surface area contributed by atoms with Gasteiger partial charge in [0.1, 0.15) is 0 Å². The summed E-state index contributed by atoms with van der Waals surface area (Å²) in [4.78, 5) is 11.1. The van der Waals surface area contributed by atoms with E-state index in [0.717, 1.165) is 37.4 Å². The summed E-state index contributed by atoms with van der Waals surface area (Å²) in [7, 11) is 0. The molecule has 0 spiro atoms. The molecule has 1 radical (unpaired) electrons. The third-order valence-electron chi connectivity index (χ3n) is 3.45. The molecule has 0 bridgehead atoms. The Bertz CT molecular complexity index is 195. The van der Waals surface area contributed by atoms with Crippen molar-refractivity contribution in [2.75, 3.05) is 0 Å². The van der Waals surface area contributed by atoms with Crippen molar-refractivity contribution >= 4 is 22.0 Å². The Balaban J connectivity index is 3.54. The molecule has 0 aromatic carbocycles. The molecule has 0 aromatic rings. The van der Waals surface area contributed by atoms with Crippen molar-refractivity contribution in [2.45, 2.75) is 82.9 Å². The zero-order valence-corrected chi connectivity index (χ0v) is 13.5. The van der Waals surface area contributed by atoms with Crippen LogP contribution < -0.4 is 0 Å². The number of hydrogen-bond acceptors (Lipinski definition) is 1. The molecule has 0 rings (SSSR count). The topological polar surface area (TPSA) is 37.3 Å². The van der Waals surface area contributed by atoms with E-state index in [9.17, 15) is 4.79 Å².